The summed E-state index contributed by atoms with van der Waals surface area (Å²) in [6, 6.07) is 33.9. The summed E-state index contributed by atoms with van der Waals surface area (Å²) in [4.78, 5) is 75.7. The van der Waals surface area contributed by atoms with Crippen molar-refractivity contribution in [3.63, 3.8) is 0 Å². The quantitative estimate of drug-likeness (QED) is 0.0477. The average molecular weight is 1540 g/mol. The van der Waals surface area contributed by atoms with E-state index < -0.39 is 101 Å². The Morgan fingerprint density at radius 2 is 0.926 bits per heavy atom. The van der Waals surface area contributed by atoms with E-state index in [2.05, 4.69) is 15.3 Å². The van der Waals surface area contributed by atoms with Gasteiger partial charge in [0, 0.05) is 50.5 Å². The number of aryl methyl sites for hydroxylation is 4. The minimum absolute atomic E-state index is 0.0164. The number of aliphatic imine (C=N–C) groups is 2. The van der Waals surface area contributed by atoms with E-state index in [4.69, 9.17) is 28.4 Å². The van der Waals surface area contributed by atoms with Gasteiger partial charge in [0.15, 0.2) is 0 Å². The van der Waals surface area contributed by atoms with E-state index in [1.165, 1.54) is 33.6 Å². The molecule has 6 aromatic carbocycles. The number of ether oxygens (including phenoxy) is 6. The lowest BCUT2D eigenvalue weighted by molar-refractivity contribution is -0.138. The van der Waals surface area contributed by atoms with Crippen LogP contribution in [0.3, 0.4) is 0 Å². The van der Waals surface area contributed by atoms with Crippen LogP contribution in [-0.2, 0) is 87.0 Å². The maximum absolute atomic E-state index is 14.2. The first-order valence-electron chi connectivity index (χ1n) is 35.5. The van der Waals surface area contributed by atoms with Crippen LogP contribution in [0.2, 0.25) is 0 Å². The van der Waals surface area contributed by atoms with Gasteiger partial charge in [-0.1, -0.05) is 72.8 Å². The van der Waals surface area contributed by atoms with E-state index in [1.807, 2.05) is 6.07 Å². The molecule has 108 heavy (non-hydrogen) atoms. The van der Waals surface area contributed by atoms with Gasteiger partial charge in [-0.3, -0.25) is 19.6 Å². The fraction of sp³-hybridized carbons (Fsp3) is 0.456. The highest BCUT2D eigenvalue weighted by Crippen LogP contribution is 2.41. The topological polar surface area (TPSA) is 255 Å². The van der Waals surface area contributed by atoms with Crippen molar-refractivity contribution < 1.29 is 95.6 Å². The minimum Gasteiger partial charge on any atom is -0.489 e. The van der Waals surface area contributed by atoms with Gasteiger partial charge < -0.3 is 33.7 Å². The number of nitrogens with zero attached hydrogens (tertiary/aromatic N) is 5. The van der Waals surface area contributed by atoms with Gasteiger partial charge in [0.2, 0.25) is 20.0 Å². The predicted octanol–water partition coefficient (Wildman–Crippen LogP) is 14.1. The molecule has 21 nitrogen and oxygen atoms in total. The Bertz CT molecular complexity index is 4560. The van der Waals surface area contributed by atoms with E-state index >= 15 is 0 Å². The first-order chi connectivity index (χ1) is 50.4. The summed E-state index contributed by atoms with van der Waals surface area (Å²) >= 11 is 0. The molecule has 3 amide bonds. The fourth-order valence-electron chi connectivity index (χ4n) is 12.4. The average Bonchev–Trinajstić information content (AvgIpc) is 1.58. The largest absolute Gasteiger partial charge is 0.489 e. The first kappa shape index (κ1) is 83.0. The number of carbonyl (C=O) groups is 5. The predicted molar refractivity (Wildman–Crippen MR) is 394 cm³/mol. The number of piperidine rings is 2. The highest BCUT2D eigenvalue weighted by molar-refractivity contribution is 7.89. The number of hydrogen-bond donors (Lipinski definition) is 1. The lowest BCUT2D eigenvalue weighted by atomic mass is 9.88. The Balaban J connectivity index is 0.000000235. The van der Waals surface area contributed by atoms with Crippen LogP contribution in [0.4, 0.5) is 31.1 Å². The van der Waals surface area contributed by atoms with Gasteiger partial charge in [0.25, 0.3) is 11.8 Å². The number of amides is 3. The minimum atomic E-state index is -4.81. The van der Waals surface area contributed by atoms with Gasteiger partial charge >= 0.3 is 30.4 Å². The molecule has 0 radical (unpaired) electrons. The Morgan fingerprint density at radius 1 is 0.519 bits per heavy atom. The van der Waals surface area contributed by atoms with Crippen LogP contribution in [0, 0.1) is 13.8 Å². The van der Waals surface area contributed by atoms with Crippen molar-refractivity contribution in [3.05, 3.63) is 200 Å². The van der Waals surface area contributed by atoms with Crippen LogP contribution in [0.15, 0.2) is 143 Å². The fourth-order valence-corrected chi connectivity index (χ4v) is 15.4. The highest BCUT2D eigenvalue weighted by atomic mass is 32.2. The molecule has 0 bridgehead atoms. The van der Waals surface area contributed by atoms with Gasteiger partial charge in [0.05, 0.1) is 33.8 Å². The zero-order valence-corrected chi connectivity index (χ0v) is 64.0. The third kappa shape index (κ3) is 22.1. The molecular formula is C79H92F6N6O15S2. The first-order valence-corrected chi connectivity index (χ1v) is 38.7. The summed E-state index contributed by atoms with van der Waals surface area (Å²) in [6.45, 7) is 20.7. The van der Waals surface area contributed by atoms with Crippen molar-refractivity contribution in [2.24, 2.45) is 9.98 Å². The molecule has 5 aliphatic rings. The number of amidine groups is 2. The summed E-state index contributed by atoms with van der Waals surface area (Å²) in [5.74, 6) is -3.25. The van der Waals surface area contributed by atoms with E-state index in [-0.39, 0.29) is 124 Å². The van der Waals surface area contributed by atoms with Gasteiger partial charge in [-0.05, 0) is 222 Å². The highest BCUT2D eigenvalue weighted by Gasteiger charge is 2.55. The van der Waals surface area contributed by atoms with Crippen molar-refractivity contribution in [1.82, 2.24) is 18.8 Å². The molecule has 0 atom stereocenters. The molecule has 29 heteroatoms. The molecular weight excluding hydrogens is 1450 g/mol. The number of benzene rings is 6. The maximum atomic E-state index is 14.2. The molecule has 5 aliphatic heterocycles. The van der Waals surface area contributed by atoms with Crippen LogP contribution in [0.25, 0.3) is 0 Å². The molecule has 3 saturated heterocycles. The number of nitrogens with one attached hydrogen (secondary N) is 1. The molecule has 0 aliphatic carbocycles. The summed E-state index contributed by atoms with van der Waals surface area (Å²) in [7, 11) is -7.57. The Hall–Kier alpha value is -9.03. The zero-order valence-electron chi connectivity index (χ0n) is 62.4. The molecule has 0 aromatic heterocycles. The smallest absolute Gasteiger partial charge is 0.423 e. The number of hydrogen-bond acceptors (Lipinski definition) is 17. The normalized spacial score (nSPS) is 17.0. The Morgan fingerprint density at radius 3 is 1.31 bits per heavy atom. The van der Waals surface area contributed by atoms with Crippen molar-refractivity contribution in [3.8, 4) is 11.5 Å². The number of rotatable bonds is 18. The monoisotopic (exact) mass is 1540 g/mol. The van der Waals surface area contributed by atoms with E-state index in [0.717, 1.165) is 65.3 Å². The molecule has 3 fully saturated rings. The second kappa shape index (κ2) is 33.4. The lowest BCUT2D eigenvalue weighted by Gasteiger charge is -2.35. The van der Waals surface area contributed by atoms with Crippen molar-refractivity contribution in [2.45, 2.75) is 181 Å². The van der Waals surface area contributed by atoms with Crippen LogP contribution < -0.4 is 14.8 Å². The third-order valence-electron chi connectivity index (χ3n) is 18.1. The molecule has 5 heterocycles. The van der Waals surface area contributed by atoms with Crippen molar-refractivity contribution in [2.75, 3.05) is 50.9 Å². The van der Waals surface area contributed by atoms with E-state index in [9.17, 15) is 67.2 Å². The maximum Gasteiger partial charge on any atom is 0.423 e. The summed E-state index contributed by atoms with van der Waals surface area (Å²) in [5, 5.41) is 2.63. The van der Waals surface area contributed by atoms with Crippen LogP contribution in [0.1, 0.15) is 177 Å². The van der Waals surface area contributed by atoms with Crippen LogP contribution in [0.5, 0.6) is 11.5 Å². The van der Waals surface area contributed by atoms with E-state index in [1.54, 1.807) is 167 Å². The van der Waals surface area contributed by atoms with Crippen molar-refractivity contribution >= 4 is 61.6 Å². The number of halogens is 6. The molecule has 11 rings (SSSR count). The van der Waals surface area contributed by atoms with Gasteiger partial charge in [-0.25, -0.2) is 39.8 Å². The second-order valence-electron chi connectivity index (χ2n) is 30.1. The molecule has 582 valence electrons. The summed E-state index contributed by atoms with van der Waals surface area (Å²) in [6.07, 6.45) is -7.79. The van der Waals surface area contributed by atoms with Crippen LogP contribution >= 0.6 is 0 Å². The number of esters is 2. The number of alkyl halides is 6. The lowest BCUT2D eigenvalue weighted by Crippen LogP contribution is -2.53. The third-order valence-corrected chi connectivity index (χ3v) is 21.9. The molecule has 2 spiro atoms. The molecule has 1 N–H and O–H groups in total. The molecule has 6 aromatic rings. The Kier molecular flexibility index (Phi) is 25.7. The molecule has 0 saturated carbocycles. The SMILES string of the molecule is C1CCOC1.Cc1cc(C(=O)OC(C)(C)C)ccc1CCS(=O)(=O)N1CCC2(CC1)N=C(c1cc(OCc3ccccc3)cc(C(F)(F)F)c1)N(C(=O)OC(C)(C)C)C2=O.Cc1cc(C(=O)OC(C)(C)C)ccc1CCS(=O)(=O)N1CCC2(CC1)N=C(c1cc(OCc3ccccc3)cc(C(F)(F)F)c1)NC2=O. The second-order valence-corrected chi connectivity index (χ2v) is 34.3. The van der Waals surface area contributed by atoms with E-state index in [0.29, 0.717) is 21.6 Å². The van der Waals surface area contributed by atoms with Crippen molar-refractivity contribution in [1.29, 1.82) is 0 Å². The van der Waals surface area contributed by atoms with Gasteiger partial charge in [-0.15, -0.1) is 0 Å². The molecule has 0 unspecified atom stereocenters. The number of imide groups is 1. The van der Waals surface area contributed by atoms with Crippen LogP contribution in [-0.4, -0.2) is 151 Å². The summed E-state index contributed by atoms with van der Waals surface area (Å²) in [5.41, 5.74) is -2.30. The number of sulfonamides is 2. The van der Waals surface area contributed by atoms with Gasteiger partial charge in [-0.2, -0.15) is 31.2 Å². The Labute approximate surface area is 626 Å². The standard InChI is InChI=1S/C40H46F3N3O8S.C35H38F3N3O6S.C4H8O/c1-26-21-29(34(47)53-37(2,3)4)14-13-28(26)15-20-55(50,51)45-18-16-39(17-19-45)35(48)46(36(49)54-38(5,6)7)33(44-39)30-22-31(40(41,42)43)24-32(23-30)52-25-27-11-9-8-10-12-27;1-23-18-26(31(42)47-33(2,3)4)11-10-25(23)12-17-48(44,45)41-15-13-34(14-16-41)32(43)39-30(40-34)27-19-28(35(36,37)38)21-29(20-27)46-22-24-8-6-5-7-9-24;1-2-4-5-3-1/h8-14,21-24H,15-20,25H2,1-7H3;5-11,18-21H,12-17,22H2,1-4H3,(H,39,40,43);1-4H2. The summed E-state index contributed by atoms with van der Waals surface area (Å²) < 4.78 is 173. The number of carbonyl (C=O) groups excluding carboxylic acids is 5. The van der Waals surface area contributed by atoms with Gasteiger partial charge in [0.1, 0.15) is 64.3 Å². The zero-order chi connectivity index (χ0) is 79.0.